The molecule has 0 radical (unpaired) electrons. The number of H-pyrrole nitrogens is 1. The predicted octanol–water partition coefficient (Wildman–Crippen LogP) is 5.46. The minimum atomic E-state index is -2.29. The lowest BCUT2D eigenvalue weighted by molar-refractivity contribution is 0.295. The second-order valence-corrected chi connectivity index (χ2v) is 9.12. The molecule has 1 fully saturated rings. The standard InChI is InChI=1S/C24H19F2N3O4S/c1-12-19-22(31)28-24(32)29(11-17(30)21(25)26)23(19)34-20(12)15-6-9-18(27-10-15)33-16-7-4-14(5-8-16)13-2-3-13/h4-10,13,30H,2-3,11H2,1H3,(H,28,31,32). The third kappa shape index (κ3) is 4.12. The number of hydrogen-bond donors (Lipinski definition) is 2. The maximum atomic E-state index is 12.8. The van der Waals surface area contributed by atoms with Gasteiger partial charge in [0.15, 0.2) is 5.76 Å². The van der Waals surface area contributed by atoms with Crippen LogP contribution in [-0.2, 0) is 6.54 Å². The van der Waals surface area contributed by atoms with Crippen LogP contribution < -0.4 is 16.0 Å². The Hall–Kier alpha value is -3.79. The van der Waals surface area contributed by atoms with E-state index in [0.717, 1.165) is 15.9 Å². The fourth-order valence-electron chi connectivity index (χ4n) is 3.82. The quantitative estimate of drug-likeness (QED) is 0.355. The molecule has 34 heavy (non-hydrogen) atoms. The molecule has 1 aromatic carbocycles. The van der Waals surface area contributed by atoms with E-state index in [1.165, 1.54) is 18.4 Å². The Labute approximate surface area is 195 Å². The Morgan fingerprint density at radius 2 is 1.94 bits per heavy atom. The van der Waals surface area contributed by atoms with Crippen LogP contribution in [0, 0.1) is 6.92 Å². The Kier molecular flexibility index (Phi) is 5.52. The van der Waals surface area contributed by atoms with E-state index in [-0.39, 0.29) is 10.2 Å². The summed E-state index contributed by atoms with van der Waals surface area (Å²) in [5.74, 6) is 0.489. The van der Waals surface area contributed by atoms with Crippen molar-refractivity contribution in [2.75, 3.05) is 0 Å². The Morgan fingerprint density at radius 3 is 2.56 bits per heavy atom. The van der Waals surface area contributed by atoms with E-state index in [9.17, 15) is 23.5 Å². The summed E-state index contributed by atoms with van der Waals surface area (Å²) in [5, 5.41) is 9.68. The van der Waals surface area contributed by atoms with Crippen LogP contribution in [0.4, 0.5) is 8.78 Å². The van der Waals surface area contributed by atoms with Crippen molar-refractivity contribution in [2.45, 2.75) is 32.2 Å². The number of aromatic amines is 1. The molecule has 0 amide bonds. The molecule has 0 bridgehead atoms. The second kappa shape index (κ2) is 8.53. The Morgan fingerprint density at radius 1 is 1.21 bits per heavy atom. The lowest BCUT2D eigenvalue weighted by Gasteiger charge is -2.06. The highest BCUT2D eigenvalue weighted by Gasteiger charge is 2.23. The molecule has 10 heteroatoms. The number of aryl methyl sites for hydroxylation is 1. The first-order valence-corrected chi connectivity index (χ1v) is 11.4. The van der Waals surface area contributed by atoms with E-state index in [1.807, 2.05) is 12.1 Å². The molecule has 5 rings (SSSR count). The SMILES string of the molecule is Cc1c(-c2ccc(Oc3ccc(C4CC4)cc3)nc2)sc2c1c(=O)[nH]c(=O)n2CC(O)=C(F)F. The summed E-state index contributed by atoms with van der Waals surface area (Å²) in [7, 11) is 0. The van der Waals surface area contributed by atoms with Crippen LogP contribution in [0.15, 0.2) is 64.0 Å². The number of aliphatic hydroxyl groups is 1. The van der Waals surface area contributed by atoms with E-state index >= 15 is 0 Å². The van der Waals surface area contributed by atoms with Crippen molar-refractivity contribution in [1.82, 2.24) is 14.5 Å². The zero-order valence-electron chi connectivity index (χ0n) is 18.0. The molecule has 7 nitrogen and oxygen atoms in total. The van der Waals surface area contributed by atoms with Crippen LogP contribution in [-0.4, -0.2) is 19.6 Å². The van der Waals surface area contributed by atoms with E-state index in [4.69, 9.17) is 4.74 Å². The number of thiophene rings is 1. The molecule has 1 aliphatic carbocycles. The normalized spacial score (nSPS) is 13.3. The van der Waals surface area contributed by atoms with E-state index in [2.05, 4.69) is 22.1 Å². The minimum absolute atomic E-state index is 0.185. The molecular weight excluding hydrogens is 464 g/mol. The highest BCUT2D eigenvalue weighted by atomic mass is 32.1. The van der Waals surface area contributed by atoms with Crippen LogP contribution in [0.3, 0.4) is 0 Å². The number of pyridine rings is 1. The molecule has 0 aliphatic heterocycles. The van der Waals surface area contributed by atoms with E-state index in [0.29, 0.717) is 33.6 Å². The Balaban J connectivity index is 1.47. The van der Waals surface area contributed by atoms with Crippen LogP contribution in [0.2, 0.25) is 0 Å². The van der Waals surface area contributed by atoms with Crippen molar-refractivity contribution in [2.24, 2.45) is 0 Å². The number of hydrogen-bond acceptors (Lipinski definition) is 6. The predicted molar refractivity (Wildman–Crippen MR) is 125 cm³/mol. The van der Waals surface area contributed by atoms with Gasteiger partial charge in [0.1, 0.15) is 10.6 Å². The summed E-state index contributed by atoms with van der Waals surface area (Å²) >= 11 is 1.09. The molecule has 0 spiro atoms. The van der Waals surface area contributed by atoms with Crippen molar-refractivity contribution in [3.8, 4) is 22.1 Å². The van der Waals surface area contributed by atoms with Crippen molar-refractivity contribution >= 4 is 21.6 Å². The number of aliphatic hydroxyl groups excluding tert-OH is 1. The van der Waals surface area contributed by atoms with Gasteiger partial charge in [-0.15, -0.1) is 11.3 Å². The average molecular weight is 483 g/mol. The van der Waals surface area contributed by atoms with E-state index in [1.54, 1.807) is 25.3 Å². The van der Waals surface area contributed by atoms with Gasteiger partial charge in [-0.3, -0.25) is 14.3 Å². The van der Waals surface area contributed by atoms with Gasteiger partial charge in [-0.2, -0.15) is 8.78 Å². The number of allylic oxidation sites excluding steroid dienone is 1. The fourth-order valence-corrected chi connectivity index (χ4v) is 5.12. The maximum Gasteiger partial charge on any atom is 0.329 e. The van der Waals surface area contributed by atoms with Gasteiger partial charge in [-0.05, 0) is 55.0 Å². The summed E-state index contributed by atoms with van der Waals surface area (Å²) in [4.78, 5) is 32.0. The highest BCUT2D eigenvalue weighted by molar-refractivity contribution is 7.22. The van der Waals surface area contributed by atoms with Gasteiger partial charge in [0.2, 0.25) is 5.88 Å². The van der Waals surface area contributed by atoms with Crippen molar-refractivity contribution in [3.63, 3.8) is 0 Å². The lowest BCUT2D eigenvalue weighted by Crippen LogP contribution is -2.30. The van der Waals surface area contributed by atoms with Gasteiger partial charge in [-0.1, -0.05) is 12.1 Å². The molecule has 174 valence electrons. The van der Waals surface area contributed by atoms with Crippen LogP contribution in [0.1, 0.15) is 29.9 Å². The lowest BCUT2D eigenvalue weighted by atomic mass is 10.1. The van der Waals surface area contributed by atoms with E-state index < -0.39 is 29.6 Å². The molecule has 2 N–H and O–H groups in total. The summed E-state index contributed by atoms with van der Waals surface area (Å²) in [6.07, 6.45) is 1.75. The van der Waals surface area contributed by atoms with Crippen LogP contribution >= 0.6 is 11.3 Å². The van der Waals surface area contributed by atoms with Crippen molar-refractivity contribution in [1.29, 1.82) is 0 Å². The van der Waals surface area contributed by atoms with Crippen molar-refractivity contribution < 1.29 is 18.6 Å². The average Bonchev–Trinajstić information content (AvgIpc) is 3.60. The number of rotatable bonds is 6. The molecule has 3 aromatic heterocycles. The van der Waals surface area contributed by atoms with Gasteiger partial charge in [-0.25, -0.2) is 9.78 Å². The van der Waals surface area contributed by atoms with Gasteiger partial charge >= 0.3 is 11.8 Å². The zero-order chi connectivity index (χ0) is 24.0. The summed E-state index contributed by atoms with van der Waals surface area (Å²) in [6, 6.07) is 11.4. The maximum absolute atomic E-state index is 12.8. The zero-order valence-corrected chi connectivity index (χ0v) is 18.8. The highest BCUT2D eigenvalue weighted by Crippen LogP contribution is 2.41. The van der Waals surface area contributed by atoms with Crippen LogP contribution in [0.25, 0.3) is 20.7 Å². The molecular formula is C24H19F2N3O4S. The fraction of sp³-hybridized carbons (Fsp3) is 0.208. The van der Waals surface area contributed by atoms with Crippen LogP contribution in [0.5, 0.6) is 11.6 Å². The third-order valence-corrected chi connectivity index (χ3v) is 7.11. The number of nitrogens with one attached hydrogen (secondary N) is 1. The first-order chi connectivity index (χ1) is 16.3. The van der Waals surface area contributed by atoms with Gasteiger partial charge in [0, 0.05) is 22.7 Å². The molecule has 1 saturated carbocycles. The molecule has 3 heterocycles. The van der Waals surface area contributed by atoms with Gasteiger partial charge in [0.05, 0.1) is 11.9 Å². The van der Waals surface area contributed by atoms with Gasteiger partial charge in [0.25, 0.3) is 5.56 Å². The number of halogens is 2. The Bertz CT molecular complexity index is 1530. The smallest absolute Gasteiger partial charge is 0.329 e. The number of aromatic nitrogens is 3. The number of nitrogens with zero attached hydrogens (tertiary/aromatic N) is 2. The topological polar surface area (TPSA) is 97.2 Å². The largest absolute Gasteiger partial charge is 0.506 e. The van der Waals surface area contributed by atoms with Crippen molar-refractivity contribution in [3.05, 3.63) is 86.4 Å². The molecule has 0 unspecified atom stereocenters. The number of fused-ring (bicyclic) bond motifs is 1. The number of benzene rings is 1. The molecule has 4 aromatic rings. The third-order valence-electron chi connectivity index (χ3n) is 5.74. The molecule has 0 atom stereocenters. The first-order valence-electron chi connectivity index (χ1n) is 10.6. The summed E-state index contributed by atoms with van der Waals surface area (Å²) in [5.41, 5.74) is 1.05. The monoisotopic (exact) mass is 483 g/mol. The minimum Gasteiger partial charge on any atom is -0.506 e. The van der Waals surface area contributed by atoms with Gasteiger partial charge < -0.3 is 9.84 Å². The molecule has 1 aliphatic rings. The summed E-state index contributed by atoms with van der Waals surface area (Å²) < 4.78 is 32.2. The number of ether oxygens (including phenoxy) is 1. The second-order valence-electron chi connectivity index (χ2n) is 8.12. The summed E-state index contributed by atoms with van der Waals surface area (Å²) in [6.45, 7) is 0.952. The molecule has 0 saturated heterocycles. The first kappa shape index (κ1) is 22.0.